The maximum Gasteiger partial charge on any atom is 0.214 e. The summed E-state index contributed by atoms with van der Waals surface area (Å²) >= 11 is 0. The van der Waals surface area contributed by atoms with Crippen LogP contribution in [-0.4, -0.2) is 20.2 Å². The van der Waals surface area contributed by atoms with Crippen molar-refractivity contribution in [2.45, 2.75) is 6.54 Å². The summed E-state index contributed by atoms with van der Waals surface area (Å²) in [5.41, 5.74) is 2.81. The quantitative estimate of drug-likeness (QED) is 0.714. The van der Waals surface area contributed by atoms with Crippen molar-refractivity contribution >= 4 is 5.82 Å². The van der Waals surface area contributed by atoms with Gasteiger partial charge in [-0.1, -0.05) is 6.07 Å². The SMILES string of the molecule is Fc1cccc(NCc2cn[nH]c2-c2cccnc2)n1. The fourth-order valence-corrected chi connectivity index (χ4v) is 1.90. The van der Waals surface area contributed by atoms with Gasteiger partial charge in [0.1, 0.15) is 5.82 Å². The number of aromatic amines is 1. The standard InChI is InChI=1S/C14H12FN5/c15-12-4-1-5-13(19-12)17-8-11-9-18-20-14(11)10-3-2-6-16-7-10/h1-7,9H,8H2,(H,17,19)(H,18,20). The Labute approximate surface area is 114 Å². The Morgan fingerprint density at radius 1 is 1.15 bits per heavy atom. The summed E-state index contributed by atoms with van der Waals surface area (Å²) in [6, 6.07) is 8.45. The van der Waals surface area contributed by atoms with Crippen LogP contribution in [0, 0.1) is 5.95 Å². The lowest BCUT2D eigenvalue weighted by Gasteiger charge is -2.06. The molecule has 3 aromatic heterocycles. The van der Waals surface area contributed by atoms with Gasteiger partial charge in [-0.15, -0.1) is 0 Å². The van der Waals surface area contributed by atoms with E-state index in [-0.39, 0.29) is 0 Å². The molecular weight excluding hydrogens is 257 g/mol. The molecule has 0 aromatic carbocycles. The zero-order valence-corrected chi connectivity index (χ0v) is 10.5. The molecule has 0 spiro atoms. The molecule has 0 aliphatic heterocycles. The molecule has 5 nitrogen and oxygen atoms in total. The lowest BCUT2D eigenvalue weighted by molar-refractivity contribution is 0.585. The lowest BCUT2D eigenvalue weighted by Crippen LogP contribution is -2.02. The number of nitrogens with zero attached hydrogens (tertiary/aromatic N) is 3. The fourth-order valence-electron chi connectivity index (χ4n) is 1.90. The van der Waals surface area contributed by atoms with Crippen LogP contribution in [0.5, 0.6) is 0 Å². The number of hydrogen-bond acceptors (Lipinski definition) is 4. The second-order valence-electron chi connectivity index (χ2n) is 4.21. The lowest BCUT2D eigenvalue weighted by atomic mass is 10.1. The molecule has 100 valence electrons. The summed E-state index contributed by atoms with van der Waals surface area (Å²) in [6.07, 6.45) is 5.21. The van der Waals surface area contributed by atoms with E-state index in [1.807, 2.05) is 12.1 Å². The third-order valence-electron chi connectivity index (χ3n) is 2.84. The van der Waals surface area contributed by atoms with E-state index >= 15 is 0 Å². The van der Waals surface area contributed by atoms with Crippen molar-refractivity contribution in [3.8, 4) is 11.3 Å². The molecule has 3 heterocycles. The minimum absolute atomic E-state index is 0.489. The summed E-state index contributed by atoms with van der Waals surface area (Å²) in [5, 5.41) is 10.1. The third kappa shape index (κ3) is 2.64. The molecule has 0 amide bonds. The highest BCUT2D eigenvalue weighted by Gasteiger charge is 2.07. The number of halogens is 1. The van der Waals surface area contributed by atoms with E-state index in [0.717, 1.165) is 16.8 Å². The van der Waals surface area contributed by atoms with Crippen LogP contribution in [-0.2, 0) is 6.54 Å². The van der Waals surface area contributed by atoms with Gasteiger partial charge in [0.05, 0.1) is 11.9 Å². The molecule has 0 radical (unpaired) electrons. The molecule has 0 aliphatic rings. The monoisotopic (exact) mass is 269 g/mol. The highest BCUT2D eigenvalue weighted by Crippen LogP contribution is 2.20. The molecule has 2 N–H and O–H groups in total. The molecule has 3 aromatic rings. The van der Waals surface area contributed by atoms with Crippen molar-refractivity contribution in [1.29, 1.82) is 0 Å². The van der Waals surface area contributed by atoms with Crippen molar-refractivity contribution in [2.75, 3.05) is 5.32 Å². The van der Waals surface area contributed by atoms with E-state index < -0.39 is 5.95 Å². The Hall–Kier alpha value is -2.76. The first kappa shape index (κ1) is 12.3. The molecular formula is C14H12FN5. The van der Waals surface area contributed by atoms with Gasteiger partial charge in [0.25, 0.3) is 0 Å². The largest absolute Gasteiger partial charge is 0.366 e. The highest BCUT2D eigenvalue weighted by molar-refractivity contribution is 5.61. The maximum atomic E-state index is 13.0. The molecule has 0 saturated heterocycles. The Bertz CT molecular complexity index is 696. The first-order valence-corrected chi connectivity index (χ1v) is 6.12. The summed E-state index contributed by atoms with van der Waals surface area (Å²) in [6.45, 7) is 0.497. The predicted molar refractivity (Wildman–Crippen MR) is 73.3 cm³/mol. The van der Waals surface area contributed by atoms with Gasteiger partial charge in [0.15, 0.2) is 0 Å². The molecule has 0 fully saturated rings. The average Bonchev–Trinajstić information content (AvgIpc) is 2.95. The predicted octanol–water partition coefficient (Wildman–Crippen LogP) is 2.62. The summed E-state index contributed by atoms with van der Waals surface area (Å²) < 4.78 is 13.0. The Morgan fingerprint density at radius 2 is 2.10 bits per heavy atom. The third-order valence-corrected chi connectivity index (χ3v) is 2.84. The minimum atomic E-state index is -0.505. The van der Waals surface area contributed by atoms with Crippen LogP contribution in [0.4, 0.5) is 10.2 Å². The van der Waals surface area contributed by atoms with Gasteiger partial charge in [0, 0.05) is 30.1 Å². The fraction of sp³-hybridized carbons (Fsp3) is 0.0714. The van der Waals surface area contributed by atoms with Crippen molar-refractivity contribution in [2.24, 2.45) is 0 Å². The number of rotatable bonds is 4. The second-order valence-corrected chi connectivity index (χ2v) is 4.21. The Balaban J connectivity index is 1.78. The smallest absolute Gasteiger partial charge is 0.214 e. The zero-order chi connectivity index (χ0) is 13.8. The van der Waals surface area contributed by atoms with Crippen LogP contribution in [0.15, 0.2) is 48.9 Å². The second kappa shape index (κ2) is 5.48. The van der Waals surface area contributed by atoms with Gasteiger partial charge in [-0.25, -0.2) is 4.98 Å². The Kier molecular flexibility index (Phi) is 3.36. The van der Waals surface area contributed by atoms with E-state index in [1.165, 1.54) is 6.07 Å². The highest BCUT2D eigenvalue weighted by atomic mass is 19.1. The summed E-state index contributed by atoms with van der Waals surface area (Å²) in [7, 11) is 0. The van der Waals surface area contributed by atoms with E-state index in [0.29, 0.717) is 12.4 Å². The van der Waals surface area contributed by atoms with Crippen LogP contribution in [0.1, 0.15) is 5.56 Å². The first-order chi connectivity index (χ1) is 9.83. The molecule has 20 heavy (non-hydrogen) atoms. The van der Waals surface area contributed by atoms with Crippen molar-refractivity contribution in [1.82, 2.24) is 20.2 Å². The molecule has 6 heteroatoms. The van der Waals surface area contributed by atoms with Gasteiger partial charge >= 0.3 is 0 Å². The van der Waals surface area contributed by atoms with E-state index in [9.17, 15) is 4.39 Å². The molecule has 0 bridgehead atoms. The Morgan fingerprint density at radius 3 is 2.90 bits per heavy atom. The summed E-state index contributed by atoms with van der Waals surface area (Å²) in [5.74, 6) is -0.0157. The van der Waals surface area contributed by atoms with Crippen molar-refractivity contribution < 1.29 is 4.39 Å². The number of nitrogens with one attached hydrogen (secondary N) is 2. The van der Waals surface area contributed by atoms with Gasteiger partial charge in [-0.2, -0.15) is 9.49 Å². The maximum absolute atomic E-state index is 13.0. The molecule has 0 unspecified atom stereocenters. The van der Waals surface area contributed by atoms with Crippen molar-refractivity contribution in [3.05, 3.63) is 60.4 Å². The molecule has 0 atom stereocenters. The number of hydrogen-bond donors (Lipinski definition) is 2. The first-order valence-electron chi connectivity index (χ1n) is 6.12. The summed E-state index contributed by atoms with van der Waals surface area (Å²) in [4.78, 5) is 7.84. The number of pyridine rings is 2. The van der Waals surface area contributed by atoms with Gasteiger partial charge in [-0.3, -0.25) is 10.1 Å². The van der Waals surface area contributed by atoms with Gasteiger partial charge in [0.2, 0.25) is 5.95 Å². The van der Waals surface area contributed by atoms with E-state index in [2.05, 4.69) is 25.5 Å². The minimum Gasteiger partial charge on any atom is -0.366 e. The van der Waals surface area contributed by atoms with Gasteiger partial charge < -0.3 is 5.32 Å². The topological polar surface area (TPSA) is 66.5 Å². The van der Waals surface area contributed by atoms with E-state index in [1.54, 1.807) is 30.7 Å². The van der Waals surface area contributed by atoms with Gasteiger partial charge in [-0.05, 0) is 24.3 Å². The van der Waals surface area contributed by atoms with Crippen LogP contribution >= 0.6 is 0 Å². The number of anilines is 1. The molecule has 3 rings (SSSR count). The van der Waals surface area contributed by atoms with E-state index in [4.69, 9.17) is 0 Å². The number of aromatic nitrogens is 4. The zero-order valence-electron chi connectivity index (χ0n) is 10.5. The van der Waals surface area contributed by atoms with Crippen LogP contribution in [0.25, 0.3) is 11.3 Å². The van der Waals surface area contributed by atoms with Crippen LogP contribution in [0.3, 0.4) is 0 Å². The van der Waals surface area contributed by atoms with Crippen LogP contribution in [0.2, 0.25) is 0 Å². The average molecular weight is 269 g/mol. The molecule has 0 aliphatic carbocycles. The number of H-pyrrole nitrogens is 1. The van der Waals surface area contributed by atoms with Crippen molar-refractivity contribution in [3.63, 3.8) is 0 Å². The normalized spacial score (nSPS) is 10.4. The van der Waals surface area contributed by atoms with Crippen LogP contribution < -0.4 is 5.32 Å². The molecule has 0 saturated carbocycles.